The van der Waals surface area contributed by atoms with Crippen LogP contribution in [-0.4, -0.2) is 56.0 Å². The predicted octanol–water partition coefficient (Wildman–Crippen LogP) is 1.01. The topological polar surface area (TPSA) is 40.5 Å². The summed E-state index contributed by atoms with van der Waals surface area (Å²) in [5, 5.41) is 10.4. The number of likely N-dealkylation sites (N-methyl/N-ethyl adjacent to an activating group) is 1. The molecule has 0 unspecified atom stereocenters. The van der Waals surface area contributed by atoms with Gasteiger partial charge in [0.15, 0.2) is 0 Å². The van der Waals surface area contributed by atoms with E-state index in [4.69, 9.17) is 0 Å². The molecule has 3 atom stereocenters. The number of carbonyl (C=O) groups is 1. The van der Waals surface area contributed by atoms with Gasteiger partial charge in [0.25, 0.3) is 0 Å². The number of amides is 1. The first kappa shape index (κ1) is 12.4. The second-order valence-electron chi connectivity index (χ2n) is 5.14. The van der Waals surface area contributed by atoms with Crippen LogP contribution in [0.1, 0.15) is 27.7 Å². The minimum atomic E-state index is -0.566. The van der Waals surface area contributed by atoms with Crippen LogP contribution in [0.5, 0.6) is 0 Å². The van der Waals surface area contributed by atoms with E-state index in [1.54, 1.807) is 0 Å². The Hall–Kier alpha value is -0.0404. The fourth-order valence-corrected chi connectivity index (χ4v) is 8.09. The summed E-state index contributed by atoms with van der Waals surface area (Å²) in [6, 6.07) is 0.180. The first-order valence-corrected chi connectivity index (χ1v) is 7.98. The van der Waals surface area contributed by atoms with Crippen LogP contribution in [-0.2, 0) is 4.79 Å². The number of nitrogens with zero attached hydrogens (tertiary/aromatic N) is 1. The van der Waals surface area contributed by atoms with E-state index < -0.39 is 30.5 Å². The molecule has 1 N–H and O–H groups in total. The van der Waals surface area contributed by atoms with Crippen molar-refractivity contribution in [3.05, 3.63) is 9.19 Å². The van der Waals surface area contributed by atoms with Crippen LogP contribution in [0.25, 0.3) is 0 Å². The van der Waals surface area contributed by atoms with Crippen molar-refractivity contribution in [3.63, 3.8) is 0 Å². The summed E-state index contributed by atoms with van der Waals surface area (Å²) >= 11 is -0.566. The molecule has 0 aromatic rings. The Morgan fingerprint density at radius 2 is 2.00 bits per heavy atom. The SMILES string of the molecule is CC1=C(C)[C@@H]2N(C)C(=O)[C@]2([C@@H](O)C(C)C)[Te]1. The van der Waals surface area contributed by atoms with Crippen LogP contribution in [0.3, 0.4) is 0 Å². The van der Waals surface area contributed by atoms with Crippen LogP contribution >= 0.6 is 0 Å². The Kier molecular flexibility index (Phi) is 2.89. The average Bonchev–Trinajstić information content (AvgIpc) is 2.47. The molecule has 2 aliphatic rings. The summed E-state index contributed by atoms with van der Waals surface area (Å²) in [6.07, 6.45) is -0.476. The van der Waals surface area contributed by atoms with Crippen LogP contribution in [0.4, 0.5) is 0 Å². The van der Waals surface area contributed by atoms with Gasteiger partial charge in [0.2, 0.25) is 0 Å². The zero-order valence-corrected chi connectivity index (χ0v) is 12.8. The van der Waals surface area contributed by atoms with E-state index in [9.17, 15) is 9.90 Å². The Balaban J connectivity index is 2.39. The number of allylic oxidation sites excluding steroid dienone is 1. The van der Waals surface area contributed by atoms with Gasteiger partial charge >= 0.3 is 107 Å². The third-order valence-corrected chi connectivity index (χ3v) is 8.39. The van der Waals surface area contributed by atoms with E-state index in [0.29, 0.717) is 0 Å². The quantitative estimate of drug-likeness (QED) is 0.604. The monoisotopic (exact) mass is 339 g/mol. The van der Waals surface area contributed by atoms with Gasteiger partial charge < -0.3 is 0 Å². The van der Waals surface area contributed by atoms with Crippen molar-refractivity contribution in [1.82, 2.24) is 4.90 Å². The molecule has 1 saturated heterocycles. The molecule has 90 valence electrons. The fourth-order valence-electron chi connectivity index (χ4n) is 2.81. The molecule has 16 heavy (non-hydrogen) atoms. The molecule has 0 aliphatic carbocycles. The van der Waals surface area contributed by atoms with Crippen LogP contribution in [0, 0.1) is 5.92 Å². The van der Waals surface area contributed by atoms with Crippen molar-refractivity contribution in [1.29, 1.82) is 0 Å². The maximum absolute atomic E-state index is 12.2. The molecule has 0 saturated carbocycles. The molecule has 1 amide bonds. The molecule has 2 rings (SSSR count). The van der Waals surface area contributed by atoms with Gasteiger partial charge in [-0.25, -0.2) is 0 Å². The molecule has 0 aromatic carbocycles. The van der Waals surface area contributed by atoms with Crippen molar-refractivity contribution < 1.29 is 9.90 Å². The summed E-state index contributed by atoms with van der Waals surface area (Å²) in [5.41, 5.74) is 1.32. The van der Waals surface area contributed by atoms with Gasteiger partial charge in [-0.15, -0.1) is 0 Å². The first-order chi connectivity index (χ1) is 7.34. The minimum absolute atomic E-state index is 0.156. The van der Waals surface area contributed by atoms with Gasteiger partial charge in [0.05, 0.1) is 0 Å². The van der Waals surface area contributed by atoms with E-state index >= 15 is 0 Å². The average molecular weight is 337 g/mol. The summed E-state index contributed by atoms with van der Waals surface area (Å²) in [5.74, 6) is 0.321. The Morgan fingerprint density at radius 3 is 2.50 bits per heavy atom. The number of hydrogen-bond acceptors (Lipinski definition) is 2. The summed E-state index contributed by atoms with van der Waals surface area (Å²) in [4.78, 5) is 14.0. The van der Waals surface area contributed by atoms with Gasteiger partial charge in [-0.05, 0) is 0 Å². The third kappa shape index (κ3) is 1.27. The standard InChI is InChI=1S/C12H19NO2Te/c1-6(2)10(14)12-9(13(5)11(12)15)7(3)8(4)16-12/h6,9-10,14H,1-5H3/t9-,10-,12-/m0/s1. The predicted molar refractivity (Wildman–Crippen MR) is 64.2 cm³/mol. The molecule has 2 aliphatic heterocycles. The Morgan fingerprint density at radius 1 is 1.44 bits per heavy atom. The van der Waals surface area contributed by atoms with Crippen LogP contribution in [0.2, 0.25) is 3.46 Å². The summed E-state index contributed by atoms with van der Waals surface area (Å²) < 4.78 is 0.982. The van der Waals surface area contributed by atoms with Gasteiger partial charge in [-0.1, -0.05) is 0 Å². The van der Waals surface area contributed by atoms with Crippen molar-refractivity contribution in [3.8, 4) is 0 Å². The summed E-state index contributed by atoms with van der Waals surface area (Å²) in [7, 11) is 1.85. The number of fused-ring (bicyclic) bond motifs is 1. The Bertz CT molecular complexity index is 377. The molecule has 3 nitrogen and oxygen atoms in total. The molecule has 0 aromatic heterocycles. The molecule has 1 fully saturated rings. The normalized spacial score (nSPS) is 35.6. The molecule has 2 heterocycles. The molecular weight excluding hydrogens is 318 g/mol. The van der Waals surface area contributed by atoms with Crippen LogP contribution in [0.15, 0.2) is 9.19 Å². The fraction of sp³-hybridized carbons (Fsp3) is 0.750. The molecule has 0 radical (unpaired) electrons. The van der Waals surface area contributed by atoms with Crippen LogP contribution < -0.4 is 0 Å². The molecule has 4 heteroatoms. The van der Waals surface area contributed by atoms with Crippen molar-refractivity contribution in [2.75, 3.05) is 7.05 Å². The second-order valence-corrected chi connectivity index (χ2v) is 9.40. The van der Waals surface area contributed by atoms with E-state index in [1.165, 1.54) is 9.19 Å². The number of likely N-dealkylation sites (tertiary alicyclic amines) is 1. The van der Waals surface area contributed by atoms with Gasteiger partial charge in [0, 0.05) is 0 Å². The van der Waals surface area contributed by atoms with E-state index in [2.05, 4.69) is 13.8 Å². The number of aliphatic hydroxyl groups is 1. The number of β-lactam (4-membered cyclic amide) rings is 1. The Labute approximate surface area is 107 Å². The van der Waals surface area contributed by atoms with Crippen molar-refractivity contribution >= 4 is 26.8 Å². The zero-order valence-electron chi connectivity index (χ0n) is 10.4. The first-order valence-electron chi connectivity index (χ1n) is 5.65. The molecule has 0 spiro atoms. The number of carbonyl (C=O) groups excluding carboxylic acids is 1. The van der Waals surface area contributed by atoms with Gasteiger partial charge in [0.1, 0.15) is 0 Å². The number of rotatable bonds is 2. The van der Waals surface area contributed by atoms with E-state index in [1.807, 2.05) is 25.8 Å². The maximum atomic E-state index is 12.2. The summed E-state index contributed by atoms with van der Waals surface area (Å²) in [6.45, 7) is 8.24. The van der Waals surface area contributed by atoms with Crippen molar-refractivity contribution in [2.45, 2.75) is 43.3 Å². The number of hydrogen-bond donors (Lipinski definition) is 1. The number of aliphatic hydroxyl groups excluding tert-OH is 1. The van der Waals surface area contributed by atoms with Gasteiger partial charge in [-0.2, -0.15) is 0 Å². The zero-order chi connectivity index (χ0) is 12.2. The van der Waals surface area contributed by atoms with E-state index in [0.717, 1.165) is 0 Å². The van der Waals surface area contributed by atoms with Crippen molar-refractivity contribution in [2.24, 2.45) is 5.92 Å². The molecule has 0 bridgehead atoms. The second kappa shape index (κ2) is 3.73. The third-order valence-electron chi connectivity index (χ3n) is 3.81. The van der Waals surface area contributed by atoms with E-state index in [-0.39, 0.29) is 17.9 Å². The molecular formula is C12H19NO2Te. The van der Waals surface area contributed by atoms with Gasteiger partial charge in [-0.3, -0.25) is 0 Å².